The van der Waals surface area contributed by atoms with E-state index in [0.29, 0.717) is 27.6 Å². The first-order valence-corrected chi connectivity index (χ1v) is 11.5. The Hall–Kier alpha value is -4.50. The van der Waals surface area contributed by atoms with Crippen LogP contribution in [0.5, 0.6) is 0 Å². The van der Waals surface area contributed by atoms with Crippen LogP contribution in [0.3, 0.4) is 0 Å². The van der Waals surface area contributed by atoms with Gasteiger partial charge < -0.3 is 15.4 Å². The van der Waals surface area contributed by atoms with E-state index < -0.39 is 11.9 Å². The number of carbonyl (C=O) groups excluding carboxylic acids is 1. The molecule has 0 fully saturated rings. The molecule has 1 amide bonds. The van der Waals surface area contributed by atoms with E-state index in [2.05, 4.69) is 9.97 Å². The molecule has 3 N–H and O–H groups in total. The summed E-state index contributed by atoms with van der Waals surface area (Å²) < 4.78 is 3.56. The molecule has 0 aliphatic heterocycles. The topological polar surface area (TPSA) is 129 Å². The van der Waals surface area contributed by atoms with Crippen molar-refractivity contribution in [3.63, 3.8) is 0 Å². The van der Waals surface area contributed by atoms with E-state index in [4.69, 9.17) is 27.5 Å². The van der Waals surface area contributed by atoms with E-state index in [9.17, 15) is 9.59 Å². The van der Waals surface area contributed by atoms with Crippen molar-refractivity contribution >= 4 is 34.5 Å². The number of fused-ring (bicyclic) bond motifs is 1. The minimum absolute atomic E-state index is 0.0759. The van der Waals surface area contributed by atoms with Crippen molar-refractivity contribution in [2.24, 2.45) is 5.73 Å². The number of hydrogen-bond donors (Lipinski definition) is 2. The number of amides is 1. The minimum Gasteiger partial charge on any atom is -0.478 e. The monoisotopic (exact) mass is 500 g/mol. The first kappa shape index (κ1) is 23.3. The van der Waals surface area contributed by atoms with Gasteiger partial charge in [-0.3, -0.25) is 4.79 Å². The van der Waals surface area contributed by atoms with Gasteiger partial charge in [-0.2, -0.15) is 5.10 Å². The molecule has 180 valence electrons. The van der Waals surface area contributed by atoms with Gasteiger partial charge in [0.05, 0.1) is 45.1 Å². The van der Waals surface area contributed by atoms with E-state index in [1.54, 1.807) is 53.6 Å². The summed E-state index contributed by atoms with van der Waals surface area (Å²) in [7, 11) is 0. The van der Waals surface area contributed by atoms with Crippen molar-refractivity contribution in [3.8, 4) is 22.6 Å². The van der Waals surface area contributed by atoms with Gasteiger partial charge in [0.15, 0.2) is 5.65 Å². The Morgan fingerprint density at radius 1 is 1.00 bits per heavy atom. The Bertz CT molecular complexity index is 1640. The molecular weight excluding hydrogens is 480 g/mol. The lowest BCUT2D eigenvalue weighted by atomic mass is 10.1. The Morgan fingerprint density at radius 2 is 1.72 bits per heavy atom. The molecule has 0 aliphatic rings. The molecule has 5 aromatic rings. The van der Waals surface area contributed by atoms with E-state index >= 15 is 0 Å². The lowest BCUT2D eigenvalue weighted by molar-refractivity contribution is 0.0696. The maximum absolute atomic E-state index is 11.6. The second kappa shape index (κ2) is 8.94. The SMILES string of the molecule is CC(C)c1nn(-c2ccc(C(N)=O)cc2Cl)c2nccc(-n3cnc(-c4ccc(C(=O)O)cc4)c3)c12. The van der Waals surface area contributed by atoms with Crippen molar-refractivity contribution in [2.45, 2.75) is 19.8 Å². The van der Waals surface area contributed by atoms with Crippen LogP contribution in [-0.4, -0.2) is 41.3 Å². The highest BCUT2D eigenvalue weighted by Crippen LogP contribution is 2.33. The van der Waals surface area contributed by atoms with Crippen molar-refractivity contribution in [1.82, 2.24) is 24.3 Å². The fourth-order valence-electron chi connectivity index (χ4n) is 4.06. The molecule has 0 radical (unpaired) electrons. The fraction of sp³-hybridized carbons (Fsp3) is 0.115. The highest BCUT2D eigenvalue weighted by molar-refractivity contribution is 6.32. The number of nitrogens with two attached hydrogens (primary N) is 1. The molecule has 3 aromatic heterocycles. The number of hydrogen-bond acceptors (Lipinski definition) is 5. The highest BCUT2D eigenvalue weighted by Gasteiger charge is 2.21. The summed E-state index contributed by atoms with van der Waals surface area (Å²) in [6, 6.07) is 13.3. The largest absolute Gasteiger partial charge is 0.478 e. The molecule has 10 heteroatoms. The van der Waals surface area contributed by atoms with Gasteiger partial charge in [0, 0.05) is 23.5 Å². The maximum Gasteiger partial charge on any atom is 0.335 e. The summed E-state index contributed by atoms with van der Waals surface area (Å²) in [5, 5.41) is 15.2. The van der Waals surface area contributed by atoms with E-state index in [-0.39, 0.29) is 11.5 Å². The van der Waals surface area contributed by atoms with Crippen molar-refractivity contribution in [1.29, 1.82) is 0 Å². The number of primary amides is 1. The minimum atomic E-state index is -0.978. The summed E-state index contributed by atoms with van der Waals surface area (Å²) in [5.74, 6) is -1.47. The van der Waals surface area contributed by atoms with Crippen LogP contribution in [0.2, 0.25) is 5.02 Å². The Labute approximate surface area is 210 Å². The number of pyridine rings is 1. The predicted octanol–water partition coefficient (Wildman–Crippen LogP) is 4.85. The molecule has 3 heterocycles. The van der Waals surface area contributed by atoms with Crippen LogP contribution in [0.25, 0.3) is 33.7 Å². The van der Waals surface area contributed by atoms with Gasteiger partial charge >= 0.3 is 5.97 Å². The molecule has 5 rings (SSSR count). The second-order valence-corrected chi connectivity index (χ2v) is 8.97. The van der Waals surface area contributed by atoms with Gasteiger partial charge in [0.25, 0.3) is 0 Å². The third-order valence-electron chi connectivity index (χ3n) is 5.87. The molecule has 0 bridgehead atoms. The molecule has 2 aromatic carbocycles. The lowest BCUT2D eigenvalue weighted by Crippen LogP contribution is -2.11. The number of carboxylic acid groups (broad SMARTS) is 1. The summed E-state index contributed by atoms with van der Waals surface area (Å²) in [4.78, 5) is 31.8. The smallest absolute Gasteiger partial charge is 0.335 e. The quantitative estimate of drug-likeness (QED) is 0.343. The number of benzene rings is 2. The van der Waals surface area contributed by atoms with Gasteiger partial charge in [-0.25, -0.2) is 19.4 Å². The Morgan fingerprint density at radius 3 is 2.36 bits per heavy atom. The predicted molar refractivity (Wildman–Crippen MR) is 136 cm³/mol. The number of imidazole rings is 1. The maximum atomic E-state index is 11.6. The molecule has 36 heavy (non-hydrogen) atoms. The molecule has 0 saturated heterocycles. The summed E-state index contributed by atoms with van der Waals surface area (Å²) >= 11 is 6.51. The van der Waals surface area contributed by atoms with Crippen LogP contribution in [-0.2, 0) is 0 Å². The Balaban J connectivity index is 1.64. The molecule has 0 aliphatic carbocycles. The number of carboxylic acids is 1. The zero-order chi connectivity index (χ0) is 25.6. The molecule has 0 saturated carbocycles. The first-order valence-electron chi connectivity index (χ1n) is 11.1. The van der Waals surface area contributed by atoms with Crippen molar-refractivity contribution < 1.29 is 14.7 Å². The zero-order valence-corrected chi connectivity index (χ0v) is 20.1. The third-order valence-corrected chi connectivity index (χ3v) is 6.17. The van der Waals surface area contributed by atoms with E-state index in [0.717, 1.165) is 22.3 Å². The van der Waals surface area contributed by atoms with E-state index in [1.165, 1.54) is 6.07 Å². The van der Waals surface area contributed by atoms with Crippen LogP contribution in [0, 0.1) is 0 Å². The summed E-state index contributed by atoms with van der Waals surface area (Å²) in [6.07, 6.45) is 5.26. The van der Waals surface area contributed by atoms with E-state index in [1.807, 2.05) is 30.7 Å². The van der Waals surface area contributed by atoms with Crippen LogP contribution in [0.15, 0.2) is 67.3 Å². The summed E-state index contributed by atoms with van der Waals surface area (Å²) in [5.41, 5.74) is 10.2. The standard InChI is InChI=1S/C26H21ClN6O3/c1-14(2)23-22-21(32-12-19(30-13-32)15-3-5-16(6-4-15)26(35)36)9-10-29-25(22)33(31-23)20-8-7-17(24(28)34)11-18(20)27/h3-14H,1-2H3,(H2,28,34)(H,35,36). The first-order chi connectivity index (χ1) is 17.2. The van der Waals surface area contributed by atoms with Gasteiger partial charge in [0.2, 0.25) is 5.91 Å². The van der Waals surface area contributed by atoms with Gasteiger partial charge in [-0.1, -0.05) is 37.6 Å². The zero-order valence-electron chi connectivity index (χ0n) is 19.4. The second-order valence-electron chi connectivity index (χ2n) is 8.56. The molecular formula is C26H21ClN6O3. The van der Waals surface area contributed by atoms with Crippen LogP contribution >= 0.6 is 11.6 Å². The summed E-state index contributed by atoms with van der Waals surface area (Å²) in [6.45, 7) is 4.09. The number of rotatable bonds is 6. The van der Waals surface area contributed by atoms with Crippen LogP contribution in [0.4, 0.5) is 0 Å². The molecule has 0 unspecified atom stereocenters. The molecule has 0 spiro atoms. The average molecular weight is 501 g/mol. The number of aromatic carboxylic acids is 1. The Kier molecular flexibility index (Phi) is 5.77. The highest BCUT2D eigenvalue weighted by atomic mass is 35.5. The van der Waals surface area contributed by atoms with Crippen LogP contribution < -0.4 is 5.73 Å². The number of carbonyl (C=O) groups is 2. The molecule has 0 atom stereocenters. The van der Waals surface area contributed by atoms with Crippen molar-refractivity contribution in [3.05, 3.63) is 89.1 Å². The number of aromatic nitrogens is 5. The third kappa shape index (κ3) is 3.99. The average Bonchev–Trinajstić information content (AvgIpc) is 3.50. The van der Waals surface area contributed by atoms with Crippen LogP contribution in [0.1, 0.15) is 46.2 Å². The lowest BCUT2D eigenvalue weighted by Gasteiger charge is -2.08. The van der Waals surface area contributed by atoms with Crippen molar-refractivity contribution in [2.75, 3.05) is 0 Å². The normalized spacial score (nSPS) is 11.3. The molecule has 9 nitrogen and oxygen atoms in total. The van der Waals surface area contributed by atoms with Gasteiger partial charge in [-0.05, 0) is 42.3 Å². The van der Waals surface area contributed by atoms with Gasteiger partial charge in [0.1, 0.15) is 0 Å². The van der Waals surface area contributed by atoms with Gasteiger partial charge in [-0.15, -0.1) is 0 Å². The fourth-order valence-corrected chi connectivity index (χ4v) is 4.32. The number of halogens is 1. The number of nitrogens with zero attached hydrogens (tertiary/aromatic N) is 5.